The normalized spacial score (nSPS) is 16.4. The van der Waals surface area contributed by atoms with Gasteiger partial charge in [0.05, 0.1) is 18.8 Å². The molecule has 0 aliphatic carbocycles. The van der Waals surface area contributed by atoms with Crippen LogP contribution in [0.1, 0.15) is 37.6 Å². The molecule has 0 spiro atoms. The molecule has 1 rings (SSSR count). The van der Waals surface area contributed by atoms with E-state index in [4.69, 9.17) is 21.1 Å². The Bertz CT molecular complexity index is 519. The Morgan fingerprint density at radius 3 is 2.50 bits per heavy atom. The van der Waals surface area contributed by atoms with Gasteiger partial charge < -0.3 is 36.8 Å². The highest BCUT2D eigenvalue weighted by Gasteiger charge is 2.25. The molecule has 11 nitrogen and oxygen atoms in total. The van der Waals surface area contributed by atoms with Gasteiger partial charge >= 0.3 is 6.03 Å². The molecule has 1 unspecified atom stereocenters. The van der Waals surface area contributed by atoms with Gasteiger partial charge in [0.25, 0.3) is 0 Å². The van der Waals surface area contributed by atoms with Crippen molar-refractivity contribution in [3.8, 4) is 0 Å². The van der Waals surface area contributed by atoms with Gasteiger partial charge in [-0.2, -0.15) is 4.98 Å². The van der Waals surface area contributed by atoms with Crippen LogP contribution in [0.3, 0.4) is 0 Å². The molecular formula is C11H20N6O5. The van der Waals surface area contributed by atoms with Gasteiger partial charge in [0, 0.05) is 0 Å². The molecule has 1 aromatic rings. The lowest BCUT2D eigenvalue weighted by Gasteiger charge is -2.19. The van der Waals surface area contributed by atoms with Gasteiger partial charge in [-0.15, -0.1) is 0 Å². The molecule has 124 valence electrons. The van der Waals surface area contributed by atoms with Gasteiger partial charge in [0.15, 0.2) is 5.82 Å². The van der Waals surface area contributed by atoms with Gasteiger partial charge in [-0.25, -0.2) is 4.79 Å². The van der Waals surface area contributed by atoms with Gasteiger partial charge in [0.2, 0.25) is 11.8 Å². The lowest BCUT2D eigenvalue weighted by Crippen LogP contribution is -2.53. The minimum absolute atomic E-state index is 0.0710. The molecule has 0 radical (unpaired) electrons. The predicted molar refractivity (Wildman–Crippen MR) is 73.1 cm³/mol. The number of urea groups is 1. The number of nitrogens with zero attached hydrogens (tertiary/aromatic N) is 2. The van der Waals surface area contributed by atoms with Crippen molar-refractivity contribution in [3.05, 3.63) is 11.7 Å². The number of rotatable bonds is 7. The average molecular weight is 316 g/mol. The Balaban J connectivity index is 2.64. The summed E-state index contributed by atoms with van der Waals surface area (Å²) >= 11 is 0. The van der Waals surface area contributed by atoms with Crippen LogP contribution in [0.25, 0.3) is 0 Å². The van der Waals surface area contributed by atoms with Crippen LogP contribution in [0, 0.1) is 0 Å². The number of aliphatic hydroxyl groups excluding tert-OH is 2. The van der Waals surface area contributed by atoms with E-state index < -0.39 is 36.2 Å². The molecule has 1 aromatic heterocycles. The summed E-state index contributed by atoms with van der Waals surface area (Å²) < 4.78 is 4.91. The Kier molecular flexibility index (Phi) is 6.22. The second-order valence-corrected chi connectivity index (χ2v) is 4.74. The maximum atomic E-state index is 11.7. The minimum Gasteiger partial charge on any atom is -0.394 e. The average Bonchev–Trinajstić information content (AvgIpc) is 2.93. The molecule has 0 fully saturated rings. The van der Waals surface area contributed by atoms with Crippen LogP contribution in [0.4, 0.5) is 4.79 Å². The van der Waals surface area contributed by atoms with Gasteiger partial charge in [0.1, 0.15) is 12.1 Å². The molecule has 0 aromatic carbocycles. The molecule has 0 bridgehead atoms. The fourth-order valence-corrected chi connectivity index (χ4v) is 1.53. The summed E-state index contributed by atoms with van der Waals surface area (Å²) in [5, 5.41) is 26.5. The van der Waals surface area contributed by atoms with Crippen molar-refractivity contribution in [2.24, 2.45) is 11.5 Å². The third kappa shape index (κ3) is 4.65. The van der Waals surface area contributed by atoms with E-state index in [1.165, 1.54) is 6.92 Å². The molecule has 0 aliphatic rings. The molecule has 0 aliphatic heterocycles. The Labute approximate surface area is 126 Å². The minimum atomic E-state index is -1.23. The smallest absolute Gasteiger partial charge is 0.316 e. The van der Waals surface area contributed by atoms with Crippen molar-refractivity contribution in [2.75, 3.05) is 6.61 Å². The summed E-state index contributed by atoms with van der Waals surface area (Å²) in [5.74, 6) is -0.695. The van der Waals surface area contributed by atoms with E-state index in [1.807, 2.05) is 0 Å². The summed E-state index contributed by atoms with van der Waals surface area (Å²) in [6.45, 7) is 2.53. The van der Waals surface area contributed by atoms with Crippen molar-refractivity contribution in [2.45, 2.75) is 38.1 Å². The van der Waals surface area contributed by atoms with E-state index in [0.29, 0.717) is 0 Å². The van der Waals surface area contributed by atoms with Crippen molar-refractivity contribution < 1.29 is 24.3 Å². The van der Waals surface area contributed by atoms with E-state index in [9.17, 15) is 14.7 Å². The van der Waals surface area contributed by atoms with Crippen molar-refractivity contribution in [3.63, 3.8) is 0 Å². The van der Waals surface area contributed by atoms with E-state index in [1.54, 1.807) is 6.92 Å². The topological polar surface area (TPSA) is 190 Å². The molecular weight excluding hydrogens is 296 g/mol. The third-order valence-corrected chi connectivity index (χ3v) is 2.78. The number of carbonyl (C=O) groups excluding carboxylic acids is 2. The second kappa shape index (κ2) is 7.68. The highest BCUT2D eigenvalue weighted by Crippen LogP contribution is 2.12. The molecule has 4 atom stereocenters. The number of nitrogens with one attached hydrogen (secondary N) is 2. The SMILES string of the molecule is CC(O)[C@H](NC(=O)N[C@@H](C)c1nc([C@@H](N)CO)no1)C(N)=O. The number of hydrogen-bond donors (Lipinski definition) is 6. The molecule has 1 heterocycles. The molecule has 22 heavy (non-hydrogen) atoms. The van der Waals surface area contributed by atoms with Gasteiger partial charge in [-0.3, -0.25) is 4.79 Å². The first-order valence-electron chi connectivity index (χ1n) is 6.50. The lowest BCUT2D eigenvalue weighted by molar-refractivity contribution is -0.122. The number of amides is 3. The summed E-state index contributed by atoms with van der Waals surface area (Å²) in [7, 11) is 0. The zero-order chi connectivity index (χ0) is 16.9. The number of nitrogens with two attached hydrogens (primary N) is 2. The molecule has 3 amide bonds. The lowest BCUT2D eigenvalue weighted by atomic mass is 10.2. The van der Waals surface area contributed by atoms with Crippen LogP contribution in [0.2, 0.25) is 0 Å². The van der Waals surface area contributed by atoms with Crippen molar-refractivity contribution in [1.82, 2.24) is 20.8 Å². The molecule has 8 N–H and O–H groups in total. The zero-order valence-electron chi connectivity index (χ0n) is 12.2. The van der Waals surface area contributed by atoms with E-state index in [-0.39, 0.29) is 18.3 Å². The molecule has 0 saturated carbocycles. The highest BCUT2D eigenvalue weighted by atomic mass is 16.5. The number of hydrogen-bond acceptors (Lipinski definition) is 8. The van der Waals surface area contributed by atoms with E-state index in [0.717, 1.165) is 0 Å². The quantitative estimate of drug-likeness (QED) is 0.322. The van der Waals surface area contributed by atoms with Crippen LogP contribution >= 0.6 is 0 Å². The first-order valence-corrected chi connectivity index (χ1v) is 6.50. The predicted octanol–water partition coefficient (Wildman–Crippen LogP) is -2.34. The number of primary amides is 1. The molecule has 11 heteroatoms. The van der Waals surface area contributed by atoms with Crippen LogP contribution in [0.15, 0.2) is 4.52 Å². The van der Waals surface area contributed by atoms with Crippen LogP contribution in [-0.2, 0) is 4.79 Å². The maximum Gasteiger partial charge on any atom is 0.316 e. The first-order chi connectivity index (χ1) is 10.3. The Morgan fingerprint density at radius 1 is 1.36 bits per heavy atom. The monoisotopic (exact) mass is 316 g/mol. The summed E-state index contributed by atoms with van der Waals surface area (Å²) in [5.41, 5.74) is 10.6. The summed E-state index contributed by atoms with van der Waals surface area (Å²) in [4.78, 5) is 26.8. The van der Waals surface area contributed by atoms with E-state index in [2.05, 4.69) is 20.8 Å². The Hall–Kier alpha value is -2.24. The number of aromatic nitrogens is 2. The van der Waals surface area contributed by atoms with Crippen LogP contribution < -0.4 is 22.1 Å². The fourth-order valence-electron chi connectivity index (χ4n) is 1.53. The maximum absolute atomic E-state index is 11.7. The Morgan fingerprint density at radius 2 is 2.00 bits per heavy atom. The fraction of sp³-hybridized carbons (Fsp3) is 0.636. The van der Waals surface area contributed by atoms with Crippen LogP contribution in [-0.4, -0.2) is 51.0 Å². The van der Waals surface area contributed by atoms with Crippen LogP contribution in [0.5, 0.6) is 0 Å². The van der Waals surface area contributed by atoms with Gasteiger partial charge in [-0.1, -0.05) is 5.16 Å². The summed E-state index contributed by atoms with van der Waals surface area (Å²) in [6.07, 6.45) is -1.14. The van der Waals surface area contributed by atoms with Crippen molar-refractivity contribution >= 4 is 11.9 Å². The number of carbonyl (C=O) groups is 2. The highest BCUT2D eigenvalue weighted by molar-refractivity contribution is 5.86. The zero-order valence-corrected chi connectivity index (χ0v) is 12.2. The summed E-state index contributed by atoms with van der Waals surface area (Å²) in [6, 6.07) is -3.45. The standard InChI is InChI=1S/C11H20N6O5/c1-4(10-16-9(17-22-10)6(12)3-18)14-11(21)15-7(5(2)19)8(13)20/h4-7,18-19H,3,12H2,1-2H3,(H2,13,20)(H2,14,15,21)/t4-,5?,6-,7-/m0/s1. The van der Waals surface area contributed by atoms with Crippen molar-refractivity contribution in [1.29, 1.82) is 0 Å². The first kappa shape index (κ1) is 17.8. The second-order valence-electron chi connectivity index (χ2n) is 4.74. The third-order valence-electron chi connectivity index (χ3n) is 2.78. The largest absolute Gasteiger partial charge is 0.394 e. The molecule has 0 saturated heterocycles. The number of aliphatic hydroxyl groups is 2. The van der Waals surface area contributed by atoms with Gasteiger partial charge in [-0.05, 0) is 13.8 Å². The van der Waals surface area contributed by atoms with E-state index >= 15 is 0 Å².